The third-order valence-electron chi connectivity index (χ3n) is 6.36. The number of aryl methyl sites for hydroxylation is 1. The molecule has 5 rings (SSSR count). The largest absolute Gasteiger partial charge is 0.494 e. The molecule has 0 spiro atoms. The summed E-state index contributed by atoms with van der Waals surface area (Å²) in [7, 11) is 1.46. The standard InChI is InChI=1S/C22H24FN3O3S/c1-10(24)11-3-6-16-12(7-11)8-17(30-16)18-15(23)9-14-19(20(18)29-2)26(13-4-5-13)22(28)25-21(14)27/h8-11,13H,3-7,24H2,1-2H3,(H,25,27,28). The van der Waals surface area contributed by atoms with Crippen LogP contribution in [0.2, 0.25) is 0 Å². The zero-order valence-corrected chi connectivity index (χ0v) is 17.8. The quantitative estimate of drug-likeness (QED) is 0.666. The molecule has 0 bridgehead atoms. The van der Waals surface area contributed by atoms with Gasteiger partial charge in [0.25, 0.3) is 5.56 Å². The molecule has 30 heavy (non-hydrogen) atoms. The van der Waals surface area contributed by atoms with Crippen LogP contribution < -0.4 is 21.7 Å². The van der Waals surface area contributed by atoms with Gasteiger partial charge in [-0.3, -0.25) is 14.3 Å². The van der Waals surface area contributed by atoms with E-state index in [2.05, 4.69) is 4.98 Å². The smallest absolute Gasteiger partial charge is 0.329 e. The first-order valence-electron chi connectivity index (χ1n) is 10.3. The maximum atomic E-state index is 15.3. The maximum Gasteiger partial charge on any atom is 0.329 e. The van der Waals surface area contributed by atoms with Gasteiger partial charge in [-0.2, -0.15) is 0 Å². The van der Waals surface area contributed by atoms with Crippen molar-refractivity contribution in [1.82, 2.24) is 9.55 Å². The van der Waals surface area contributed by atoms with Gasteiger partial charge >= 0.3 is 5.69 Å². The second-order valence-corrected chi connectivity index (χ2v) is 9.58. The number of thiophene rings is 1. The fourth-order valence-electron chi connectivity index (χ4n) is 4.59. The third kappa shape index (κ3) is 3.01. The number of rotatable bonds is 4. The van der Waals surface area contributed by atoms with E-state index in [1.54, 1.807) is 15.9 Å². The van der Waals surface area contributed by atoms with Crippen LogP contribution in [0.3, 0.4) is 0 Å². The minimum Gasteiger partial charge on any atom is -0.494 e. The molecule has 2 aliphatic carbocycles. The highest BCUT2D eigenvalue weighted by molar-refractivity contribution is 7.15. The van der Waals surface area contributed by atoms with Crippen LogP contribution in [-0.2, 0) is 12.8 Å². The Morgan fingerprint density at radius 1 is 1.30 bits per heavy atom. The van der Waals surface area contributed by atoms with Crippen LogP contribution in [0.1, 0.15) is 42.7 Å². The summed E-state index contributed by atoms with van der Waals surface area (Å²) in [4.78, 5) is 29.3. The SMILES string of the molecule is COc1c(-c2cc3c(s2)CCC(C(C)N)C3)c(F)cc2c(=O)[nH]c(=O)n(C3CC3)c12. The van der Waals surface area contributed by atoms with Gasteiger partial charge < -0.3 is 10.5 Å². The highest BCUT2D eigenvalue weighted by Crippen LogP contribution is 2.46. The molecule has 2 aliphatic rings. The molecule has 0 radical (unpaired) electrons. The van der Waals surface area contributed by atoms with E-state index in [-0.39, 0.29) is 23.2 Å². The molecule has 0 amide bonds. The minimum absolute atomic E-state index is 0.00685. The number of H-pyrrole nitrogens is 1. The molecule has 2 aromatic heterocycles. The summed E-state index contributed by atoms with van der Waals surface area (Å²) in [6, 6.07) is 3.38. The molecule has 6 nitrogen and oxygen atoms in total. The van der Waals surface area contributed by atoms with Gasteiger partial charge in [-0.15, -0.1) is 11.3 Å². The summed E-state index contributed by atoms with van der Waals surface area (Å²) in [5.74, 6) is 0.150. The van der Waals surface area contributed by atoms with Crippen LogP contribution in [-0.4, -0.2) is 22.7 Å². The van der Waals surface area contributed by atoms with E-state index in [0.717, 1.165) is 37.0 Å². The monoisotopic (exact) mass is 429 g/mol. The number of ether oxygens (including phenoxy) is 1. The van der Waals surface area contributed by atoms with Crippen molar-refractivity contribution in [3.05, 3.63) is 49.2 Å². The zero-order valence-electron chi connectivity index (χ0n) is 17.0. The maximum absolute atomic E-state index is 15.3. The summed E-state index contributed by atoms with van der Waals surface area (Å²) < 4.78 is 22.5. The first-order chi connectivity index (χ1) is 14.4. The lowest BCUT2D eigenvalue weighted by atomic mass is 9.84. The van der Waals surface area contributed by atoms with Crippen molar-refractivity contribution in [2.24, 2.45) is 11.7 Å². The number of aromatic amines is 1. The molecule has 158 valence electrons. The molecule has 8 heteroatoms. The molecule has 2 unspecified atom stereocenters. The molecule has 3 N–H and O–H groups in total. The Bertz CT molecular complexity index is 1270. The number of benzene rings is 1. The van der Waals surface area contributed by atoms with Gasteiger partial charge in [0.15, 0.2) is 5.75 Å². The van der Waals surface area contributed by atoms with E-state index in [9.17, 15) is 9.59 Å². The van der Waals surface area contributed by atoms with Gasteiger partial charge in [0.05, 0.1) is 18.1 Å². The Morgan fingerprint density at radius 3 is 2.73 bits per heavy atom. The van der Waals surface area contributed by atoms with E-state index in [0.29, 0.717) is 17.0 Å². The summed E-state index contributed by atoms with van der Waals surface area (Å²) in [5, 5.41) is 0.137. The van der Waals surface area contributed by atoms with Gasteiger partial charge in [0, 0.05) is 21.8 Å². The van der Waals surface area contributed by atoms with Crippen molar-refractivity contribution in [2.45, 2.75) is 51.1 Å². The second kappa shape index (κ2) is 7.06. The van der Waals surface area contributed by atoms with Crippen LogP contribution in [0.15, 0.2) is 21.7 Å². The lowest BCUT2D eigenvalue weighted by Crippen LogP contribution is -2.30. The summed E-state index contributed by atoms with van der Waals surface area (Å²) in [6.07, 6.45) is 4.54. The number of nitrogens with zero attached hydrogens (tertiary/aromatic N) is 1. The molecule has 0 saturated heterocycles. The normalized spacial score (nSPS) is 19.7. The molecule has 2 atom stereocenters. The number of fused-ring (bicyclic) bond motifs is 2. The van der Waals surface area contributed by atoms with Crippen LogP contribution in [0, 0.1) is 11.7 Å². The van der Waals surface area contributed by atoms with Gasteiger partial charge in [-0.25, -0.2) is 9.18 Å². The molecule has 0 aliphatic heterocycles. The van der Waals surface area contributed by atoms with Crippen LogP contribution in [0.4, 0.5) is 4.39 Å². The van der Waals surface area contributed by atoms with E-state index in [1.165, 1.54) is 23.6 Å². The predicted molar refractivity (Wildman–Crippen MR) is 116 cm³/mol. The van der Waals surface area contributed by atoms with Crippen molar-refractivity contribution < 1.29 is 9.13 Å². The van der Waals surface area contributed by atoms with Crippen LogP contribution in [0.25, 0.3) is 21.3 Å². The lowest BCUT2D eigenvalue weighted by Gasteiger charge is -2.24. The first-order valence-corrected chi connectivity index (χ1v) is 11.1. The highest BCUT2D eigenvalue weighted by atomic mass is 32.1. The Kier molecular flexibility index (Phi) is 4.59. The molecule has 1 fully saturated rings. The number of nitrogens with one attached hydrogen (secondary N) is 1. The van der Waals surface area contributed by atoms with E-state index < -0.39 is 17.1 Å². The fourth-order valence-corrected chi connectivity index (χ4v) is 5.84. The first kappa shape index (κ1) is 19.5. The zero-order chi connectivity index (χ0) is 21.2. The molecule has 2 heterocycles. The molecule has 1 aromatic carbocycles. The Morgan fingerprint density at radius 2 is 2.07 bits per heavy atom. The molecular formula is C22H24FN3O3S. The van der Waals surface area contributed by atoms with Crippen LogP contribution in [0.5, 0.6) is 5.75 Å². The summed E-state index contributed by atoms with van der Waals surface area (Å²) in [5.41, 5.74) is 6.94. The van der Waals surface area contributed by atoms with Gasteiger partial charge in [0.2, 0.25) is 0 Å². The topological polar surface area (TPSA) is 90.1 Å². The average Bonchev–Trinajstić information content (AvgIpc) is 3.44. The Hall–Kier alpha value is -2.45. The highest BCUT2D eigenvalue weighted by Gasteiger charge is 2.31. The predicted octanol–water partition coefficient (Wildman–Crippen LogP) is 3.35. The lowest BCUT2D eigenvalue weighted by molar-refractivity contribution is 0.396. The van der Waals surface area contributed by atoms with Gasteiger partial charge in [-0.05, 0) is 62.6 Å². The number of nitrogens with two attached hydrogens (primary N) is 1. The van der Waals surface area contributed by atoms with Crippen LogP contribution >= 0.6 is 11.3 Å². The van der Waals surface area contributed by atoms with E-state index >= 15 is 4.39 Å². The van der Waals surface area contributed by atoms with Crippen molar-refractivity contribution in [1.29, 1.82) is 0 Å². The van der Waals surface area contributed by atoms with Crippen molar-refractivity contribution in [3.63, 3.8) is 0 Å². The third-order valence-corrected chi connectivity index (χ3v) is 7.61. The summed E-state index contributed by atoms with van der Waals surface area (Å²) >= 11 is 1.56. The number of hydrogen-bond donors (Lipinski definition) is 2. The van der Waals surface area contributed by atoms with Gasteiger partial charge in [0.1, 0.15) is 11.3 Å². The van der Waals surface area contributed by atoms with Gasteiger partial charge in [-0.1, -0.05) is 0 Å². The number of aromatic nitrogens is 2. The molecule has 1 saturated carbocycles. The number of hydrogen-bond acceptors (Lipinski definition) is 5. The van der Waals surface area contributed by atoms with Crippen molar-refractivity contribution in [3.8, 4) is 16.2 Å². The number of halogens is 1. The van der Waals surface area contributed by atoms with E-state index in [4.69, 9.17) is 10.5 Å². The fraction of sp³-hybridized carbons (Fsp3) is 0.455. The average molecular weight is 430 g/mol. The van der Waals surface area contributed by atoms with E-state index in [1.807, 2.05) is 13.0 Å². The van der Waals surface area contributed by atoms with Crippen molar-refractivity contribution in [2.75, 3.05) is 7.11 Å². The second-order valence-electron chi connectivity index (χ2n) is 8.44. The molecule has 3 aromatic rings. The minimum atomic E-state index is -0.596. The Balaban J connectivity index is 1.75. The summed E-state index contributed by atoms with van der Waals surface area (Å²) in [6.45, 7) is 2.03. The molecular weight excluding hydrogens is 405 g/mol. The van der Waals surface area contributed by atoms with Crippen molar-refractivity contribution >= 4 is 22.2 Å². The Labute approximate surface area is 176 Å². The number of methoxy groups -OCH3 is 1.